The van der Waals surface area contributed by atoms with Crippen molar-refractivity contribution >= 4 is 5.84 Å². The number of rotatable bonds is 1. The number of hydrogen-bond donors (Lipinski definition) is 2. The number of hydrogen-bond acceptors (Lipinski definition) is 5. The van der Waals surface area contributed by atoms with Crippen molar-refractivity contribution in [3.63, 3.8) is 0 Å². The third kappa shape index (κ3) is 2.33. The summed E-state index contributed by atoms with van der Waals surface area (Å²) in [6, 6.07) is 0. The fraction of sp³-hybridized carbons (Fsp3) is 0.706. The van der Waals surface area contributed by atoms with Crippen LogP contribution in [0.4, 0.5) is 0 Å². The first-order valence-corrected chi connectivity index (χ1v) is 8.78. The van der Waals surface area contributed by atoms with Gasteiger partial charge in [-0.05, 0) is 50.9 Å². The number of aliphatic imine (C=N–C) groups is 1. The summed E-state index contributed by atoms with van der Waals surface area (Å²) in [6.45, 7) is 1.75. The van der Waals surface area contributed by atoms with Crippen LogP contribution in [0.1, 0.15) is 62.6 Å². The number of amidine groups is 1. The maximum Gasteiger partial charge on any atom is 0.328 e. The van der Waals surface area contributed by atoms with Gasteiger partial charge in [0.15, 0.2) is 11.6 Å². The molecule has 7 heteroatoms. The lowest BCUT2D eigenvalue weighted by Gasteiger charge is -2.40. The Hall–Kier alpha value is -1.89. The van der Waals surface area contributed by atoms with E-state index in [1.54, 1.807) is 14.0 Å². The first-order valence-electron chi connectivity index (χ1n) is 8.78. The number of aromatic amines is 1. The predicted molar refractivity (Wildman–Crippen MR) is 89.9 cm³/mol. The third-order valence-electron chi connectivity index (χ3n) is 6.26. The van der Waals surface area contributed by atoms with E-state index in [4.69, 9.17) is 9.83 Å². The molecule has 0 amide bonds. The molecule has 4 rings (SSSR count). The molecule has 2 saturated carbocycles. The van der Waals surface area contributed by atoms with E-state index in [9.17, 15) is 9.59 Å². The van der Waals surface area contributed by atoms with Crippen LogP contribution in [0.3, 0.4) is 0 Å². The second-order valence-electron chi connectivity index (χ2n) is 7.60. The van der Waals surface area contributed by atoms with Gasteiger partial charge in [-0.2, -0.15) is 0 Å². The molecule has 0 radical (unpaired) electrons. The molecule has 0 atom stereocenters. The summed E-state index contributed by atoms with van der Waals surface area (Å²) < 4.78 is 1.42. The third-order valence-corrected chi connectivity index (χ3v) is 6.26. The second-order valence-corrected chi connectivity index (χ2v) is 7.60. The van der Waals surface area contributed by atoms with Gasteiger partial charge in [0.1, 0.15) is 5.56 Å². The van der Waals surface area contributed by atoms with Crippen LogP contribution < -0.4 is 16.7 Å². The molecule has 1 aliphatic heterocycles. The van der Waals surface area contributed by atoms with Crippen molar-refractivity contribution in [1.29, 1.82) is 0 Å². The molecule has 7 nitrogen and oxygen atoms in total. The van der Waals surface area contributed by atoms with Gasteiger partial charge < -0.3 is 4.57 Å². The zero-order chi connectivity index (χ0) is 16.9. The molecular weight excluding hydrogens is 308 g/mol. The van der Waals surface area contributed by atoms with Crippen LogP contribution in [0, 0.1) is 12.3 Å². The van der Waals surface area contributed by atoms with Crippen LogP contribution in [0.15, 0.2) is 14.6 Å². The Labute approximate surface area is 140 Å². The topological polar surface area (TPSA) is 88.5 Å². The van der Waals surface area contributed by atoms with E-state index >= 15 is 0 Å². The van der Waals surface area contributed by atoms with Gasteiger partial charge in [0.05, 0.1) is 0 Å². The molecule has 3 aliphatic rings. The van der Waals surface area contributed by atoms with Gasteiger partial charge in [0, 0.05) is 12.7 Å². The molecule has 24 heavy (non-hydrogen) atoms. The number of nitrogens with zero attached hydrogens (tertiary/aromatic N) is 2. The van der Waals surface area contributed by atoms with Crippen molar-refractivity contribution in [3.05, 3.63) is 32.1 Å². The highest BCUT2D eigenvalue weighted by Gasteiger charge is 2.47. The first kappa shape index (κ1) is 15.6. The minimum absolute atomic E-state index is 0.384. The van der Waals surface area contributed by atoms with Gasteiger partial charge in [-0.1, -0.05) is 12.8 Å². The van der Waals surface area contributed by atoms with Crippen LogP contribution in [0.2, 0.25) is 0 Å². The summed E-state index contributed by atoms with van der Waals surface area (Å²) in [5.41, 5.74) is 2.91. The van der Waals surface area contributed by atoms with Gasteiger partial charge in [-0.25, -0.2) is 20.1 Å². The normalized spacial score (nSPS) is 24.3. The van der Waals surface area contributed by atoms with Gasteiger partial charge in [0.2, 0.25) is 0 Å². The molecule has 130 valence electrons. The van der Waals surface area contributed by atoms with Crippen LogP contribution in [0.5, 0.6) is 0 Å². The standard InChI is InChI=1S/C17H24N4O3/c1-11-12(14(22)18-15(23)21(11)2)13-19-17(24-20-13)9-7-16(8-10-17)5-3-4-6-16/h3-10H2,1-2H3,(H,19,20)(H,18,22,23). The fourth-order valence-corrected chi connectivity index (χ4v) is 4.52. The lowest BCUT2D eigenvalue weighted by atomic mass is 9.70. The Kier molecular flexibility index (Phi) is 3.46. The largest absolute Gasteiger partial charge is 0.328 e. The van der Waals surface area contributed by atoms with E-state index in [0.717, 1.165) is 25.7 Å². The van der Waals surface area contributed by atoms with Crippen LogP contribution in [0.25, 0.3) is 0 Å². The van der Waals surface area contributed by atoms with E-state index in [1.807, 2.05) is 0 Å². The second kappa shape index (κ2) is 5.31. The fourth-order valence-electron chi connectivity index (χ4n) is 4.52. The minimum atomic E-state index is -0.559. The zero-order valence-electron chi connectivity index (χ0n) is 14.3. The Balaban J connectivity index is 1.64. The molecule has 0 bridgehead atoms. The molecule has 0 aromatic carbocycles. The van der Waals surface area contributed by atoms with Crippen molar-refractivity contribution < 1.29 is 4.84 Å². The van der Waals surface area contributed by atoms with Crippen molar-refractivity contribution in [2.24, 2.45) is 17.5 Å². The number of aromatic nitrogens is 2. The molecule has 1 aromatic heterocycles. The summed E-state index contributed by atoms with van der Waals surface area (Å²) in [4.78, 5) is 36.8. The lowest BCUT2D eigenvalue weighted by molar-refractivity contribution is -0.0964. The smallest absolute Gasteiger partial charge is 0.300 e. The highest BCUT2D eigenvalue weighted by Crippen LogP contribution is 2.52. The van der Waals surface area contributed by atoms with Crippen LogP contribution in [-0.2, 0) is 11.9 Å². The molecule has 0 unspecified atom stereocenters. The molecule has 2 N–H and O–H groups in total. The molecule has 2 heterocycles. The van der Waals surface area contributed by atoms with Gasteiger partial charge in [-0.15, -0.1) is 0 Å². The summed E-state index contributed by atoms with van der Waals surface area (Å²) in [6.07, 6.45) is 9.36. The summed E-state index contributed by atoms with van der Waals surface area (Å²) in [5.74, 6) is 0.437. The van der Waals surface area contributed by atoms with E-state index in [2.05, 4.69) is 10.5 Å². The Morgan fingerprint density at radius 1 is 1.08 bits per heavy atom. The Morgan fingerprint density at radius 3 is 2.42 bits per heavy atom. The summed E-state index contributed by atoms with van der Waals surface area (Å²) >= 11 is 0. The maximum absolute atomic E-state index is 12.2. The quantitative estimate of drug-likeness (QED) is 0.815. The van der Waals surface area contributed by atoms with Crippen molar-refractivity contribution in [2.45, 2.75) is 64.0 Å². The van der Waals surface area contributed by atoms with Gasteiger partial charge >= 0.3 is 5.69 Å². The van der Waals surface area contributed by atoms with Gasteiger partial charge in [0.25, 0.3) is 5.56 Å². The molecule has 2 aliphatic carbocycles. The van der Waals surface area contributed by atoms with E-state index in [-0.39, 0.29) is 0 Å². The van der Waals surface area contributed by atoms with E-state index in [0.29, 0.717) is 22.5 Å². The summed E-state index contributed by atoms with van der Waals surface area (Å²) in [5, 5.41) is 0. The van der Waals surface area contributed by atoms with Gasteiger partial charge in [-0.3, -0.25) is 9.78 Å². The molecule has 2 spiro atoms. The Bertz CT molecular complexity index is 804. The molecule has 1 aromatic rings. The van der Waals surface area contributed by atoms with E-state index in [1.165, 1.54) is 30.3 Å². The zero-order valence-corrected chi connectivity index (χ0v) is 14.3. The number of nitrogens with one attached hydrogen (secondary N) is 2. The predicted octanol–water partition coefficient (Wildman–Crippen LogP) is 1.49. The first-order chi connectivity index (χ1) is 11.4. The average molecular weight is 332 g/mol. The van der Waals surface area contributed by atoms with Crippen molar-refractivity contribution in [1.82, 2.24) is 15.0 Å². The Morgan fingerprint density at radius 2 is 1.75 bits per heavy atom. The highest BCUT2D eigenvalue weighted by atomic mass is 16.7. The summed E-state index contributed by atoms with van der Waals surface area (Å²) in [7, 11) is 1.63. The average Bonchev–Trinajstić information content (AvgIpc) is 3.17. The minimum Gasteiger partial charge on any atom is -0.300 e. The van der Waals surface area contributed by atoms with Crippen LogP contribution >= 0.6 is 0 Å². The number of hydroxylamine groups is 1. The maximum atomic E-state index is 12.2. The van der Waals surface area contributed by atoms with Crippen LogP contribution in [-0.4, -0.2) is 21.1 Å². The highest BCUT2D eigenvalue weighted by molar-refractivity contribution is 5.99. The lowest BCUT2D eigenvalue weighted by Crippen LogP contribution is -2.39. The molecule has 2 fully saturated rings. The van der Waals surface area contributed by atoms with Crippen molar-refractivity contribution in [2.75, 3.05) is 0 Å². The monoisotopic (exact) mass is 332 g/mol. The van der Waals surface area contributed by atoms with E-state index < -0.39 is 17.0 Å². The number of H-pyrrole nitrogens is 1. The molecule has 0 saturated heterocycles. The molecular formula is C17H24N4O3. The SMILES string of the molecule is Cc1c(C2=NC3(CCC4(CCCC4)CC3)ON2)c(=O)[nH]c(=O)n1C. The van der Waals surface area contributed by atoms with Crippen molar-refractivity contribution in [3.8, 4) is 0 Å².